The number of nitrogens with one attached hydrogen (secondary N) is 1. The zero-order valence-electron chi connectivity index (χ0n) is 14.9. The maximum Gasteiger partial charge on any atom is 0.257 e. The number of aromatic nitrogens is 2. The highest BCUT2D eigenvalue weighted by molar-refractivity contribution is 5.77. The van der Waals surface area contributed by atoms with Gasteiger partial charge in [0.05, 0.1) is 0 Å². The van der Waals surface area contributed by atoms with Gasteiger partial charge in [-0.2, -0.15) is 0 Å². The Labute approximate surface area is 152 Å². The molecule has 1 N–H and O–H groups in total. The normalized spacial score (nSPS) is 10.5. The molecule has 0 fully saturated rings. The number of benzene rings is 2. The summed E-state index contributed by atoms with van der Waals surface area (Å²) in [6.45, 7) is 4.40. The SMILES string of the molecule is Cc1ccc(OCC(=O)NCCc2nnc(-c3ccc(C)cc3)o2)cc1. The number of amides is 1. The summed E-state index contributed by atoms with van der Waals surface area (Å²) >= 11 is 0. The van der Waals surface area contributed by atoms with Crippen molar-refractivity contribution in [2.45, 2.75) is 20.3 Å². The summed E-state index contributed by atoms with van der Waals surface area (Å²) in [7, 11) is 0. The van der Waals surface area contributed by atoms with Crippen molar-refractivity contribution in [2.75, 3.05) is 13.2 Å². The Hall–Kier alpha value is -3.15. The average molecular weight is 351 g/mol. The number of rotatable bonds is 7. The van der Waals surface area contributed by atoms with Crippen molar-refractivity contribution in [3.05, 3.63) is 65.5 Å². The largest absolute Gasteiger partial charge is 0.484 e. The minimum absolute atomic E-state index is 0.0263. The molecular formula is C20H21N3O3. The molecule has 0 bridgehead atoms. The topological polar surface area (TPSA) is 77.2 Å². The fraction of sp³-hybridized carbons (Fsp3) is 0.250. The van der Waals surface area contributed by atoms with Crippen LogP contribution in [-0.2, 0) is 11.2 Å². The van der Waals surface area contributed by atoms with Gasteiger partial charge in [-0.1, -0.05) is 35.4 Å². The third kappa shape index (κ3) is 4.92. The highest BCUT2D eigenvalue weighted by Crippen LogP contribution is 2.18. The lowest BCUT2D eigenvalue weighted by molar-refractivity contribution is -0.123. The van der Waals surface area contributed by atoms with Crippen LogP contribution in [0.25, 0.3) is 11.5 Å². The summed E-state index contributed by atoms with van der Waals surface area (Å²) in [6.07, 6.45) is 0.467. The molecule has 6 nitrogen and oxygen atoms in total. The van der Waals surface area contributed by atoms with Crippen molar-refractivity contribution < 1.29 is 13.9 Å². The Morgan fingerprint density at radius 1 is 1.00 bits per heavy atom. The Morgan fingerprint density at radius 3 is 2.35 bits per heavy atom. The number of aryl methyl sites for hydroxylation is 2. The first-order valence-electron chi connectivity index (χ1n) is 8.46. The van der Waals surface area contributed by atoms with Gasteiger partial charge in [0.15, 0.2) is 6.61 Å². The standard InChI is InChI=1S/C20H21N3O3/c1-14-3-7-16(8-4-14)20-23-22-19(26-20)11-12-21-18(24)13-25-17-9-5-15(2)6-10-17/h3-10H,11-13H2,1-2H3,(H,21,24). The lowest BCUT2D eigenvalue weighted by Gasteiger charge is -2.06. The molecule has 1 heterocycles. The number of nitrogens with zero attached hydrogens (tertiary/aromatic N) is 2. The van der Waals surface area contributed by atoms with Gasteiger partial charge < -0.3 is 14.5 Å². The van der Waals surface area contributed by atoms with Gasteiger partial charge in [0.2, 0.25) is 11.8 Å². The van der Waals surface area contributed by atoms with Crippen LogP contribution in [0.4, 0.5) is 0 Å². The lowest BCUT2D eigenvalue weighted by atomic mass is 10.1. The highest BCUT2D eigenvalue weighted by Gasteiger charge is 2.09. The predicted molar refractivity (Wildman–Crippen MR) is 97.9 cm³/mol. The van der Waals surface area contributed by atoms with E-state index >= 15 is 0 Å². The molecule has 0 aliphatic rings. The fourth-order valence-corrected chi connectivity index (χ4v) is 2.31. The van der Waals surface area contributed by atoms with Crippen LogP contribution in [0.3, 0.4) is 0 Å². The second-order valence-corrected chi connectivity index (χ2v) is 6.07. The minimum atomic E-state index is -0.191. The van der Waals surface area contributed by atoms with E-state index in [1.54, 1.807) is 0 Å². The first-order chi connectivity index (χ1) is 12.6. The monoisotopic (exact) mass is 351 g/mol. The molecule has 0 saturated carbocycles. The molecule has 26 heavy (non-hydrogen) atoms. The molecule has 0 saturated heterocycles. The van der Waals surface area contributed by atoms with E-state index in [-0.39, 0.29) is 12.5 Å². The first-order valence-corrected chi connectivity index (χ1v) is 8.46. The number of carbonyl (C=O) groups excluding carboxylic acids is 1. The lowest BCUT2D eigenvalue weighted by Crippen LogP contribution is -2.30. The van der Waals surface area contributed by atoms with Crippen molar-refractivity contribution in [1.82, 2.24) is 15.5 Å². The highest BCUT2D eigenvalue weighted by atomic mass is 16.5. The maximum absolute atomic E-state index is 11.8. The van der Waals surface area contributed by atoms with Crippen LogP contribution in [0.15, 0.2) is 52.9 Å². The molecule has 0 spiro atoms. The summed E-state index contributed by atoms with van der Waals surface area (Å²) in [5, 5.41) is 10.8. The van der Waals surface area contributed by atoms with Crippen molar-refractivity contribution in [1.29, 1.82) is 0 Å². The number of carbonyl (C=O) groups is 1. The molecule has 1 amide bonds. The van der Waals surface area contributed by atoms with E-state index in [1.807, 2.05) is 62.4 Å². The Morgan fingerprint density at radius 2 is 1.65 bits per heavy atom. The van der Waals surface area contributed by atoms with Crippen LogP contribution >= 0.6 is 0 Å². The number of hydrogen-bond donors (Lipinski definition) is 1. The maximum atomic E-state index is 11.8. The Kier molecular flexibility index (Phi) is 5.63. The van der Waals surface area contributed by atoms with Crippen LogP contribution in [0.5, 0.6) is 5.75 Å². The number of ether oxygens (including phenoxy) is 1. The van der Waals surface area contributed by atoms with Crippen LogP contribution in [0, 0.1) is 13.8 Å². The third-order valence-electron chi connectivity index (χ3n) is 3.82. The van der Waals surface area contributed by atoms with Gasteiger partial charge in [-0.05, 0) is 38.1 Å². The molecule has 0 radical (unpaired) electrons. The van der Waals surface area contributed by atoms with E-state index in [4.69, 9.17) is 9.15 Å². The molecule has 0 atom stereocenters. The van der Waals surface area contributed by atoms with Crippen LogP contribution < -0.4 is 10.1 Å². The molecule has 1 aromatic heterocycles. The molecule has 0 aliphatic heterocycles. The zero-order valence-corrected chi connectivity index (χ0v) is 14.9. The van der Waals surface area contributed by atoms with E-state index in [9.17, 15) is 4.79 Å². The van der Waals surface area contributed by atoms with Crippen LogP contribution in [0.1, 0.15) is 17.0 Å². The molecule has 134 valence electrons. The Bertz CT molecular complexity index is 855. The van der Waals surface area contributed by atoms with Crippen molar-refractivity contribution in [3.8, 4) is 17.2 Å². The second kappa shape index (κ2) is 8.29. The third-order valence-corrected chi connectivity index (χ3v) is 3.82. The van der Waals surface area contributed by atoms with Gasteiger partial charge >= 0.3 is 0 Å². The molecular weight excluding hydrogens is 330 g/mol. The van der Waals surface area contributed by atoms with E-state index in [0.29, 0.717) is 30.5 Å². The first kappa shape index (κ1) is 17.7. The van der Waals surface area contributed by atoms with Gasteiger partial charge in [0.25, 0.3) is 5.91 Å². The molecule has 0 aliphatic carbocycles. The summed E-state index contributed by atoms with van der Waals surface area (Å²) in [5.41, 5.74) is 3.19. The van der Waals surface area contributed by atoms with E-state index in [0.717, 1.165) is 11.1 Å². The second-order valence-electron chi connectivity index (χ2n) is 6.07. The van der Waals surface area contributed by atoms with Gasteiger partial charge in [-0.3, -0.25) is 4.79 Å². The van der Waals surface area contributed by atoms with Gasteiger partial charge in [-0.25, -0.2) is 0 Å². The molecule has 3 rings (SSSR count). The predicted octanol–water partition coefficient (Wildman–Crippen LogP) is 3.09. The van der Waals surface area contributed by atoms with E-state index in [1.165, 1.54) is 5.56 Å². The fourth-order valence-electron chi connectivity index (χ4n) is 2.31. The number of hydrogen-bond acceptors (Lipinski definition) is 5. The van der Waals surface area contributed by atoms with Crippen LogP contribution in [-0.4, -0.2) is 29.3 Å². The Balaban J connectivity index is 1.42. The van der Waals surface area contributed by atoms with Gasteiger partial charge in [0, 0.05) is 18.5 Å². The van der Waals surface area contributed by atoms with Crippen LogP contribution in [0.2, 0.25) is 0 Å². The smallest absolute Gasteiger partial charge is 0.257 e. The van der Waals surface area contributed by atoms with E-state index in [2.05, 4.69) is 15.5 Å². The zero-order chi connectivity index (χ0) is 18.4. The summed E-state index contributed by atoms with van der Waals surface area (Å²) in [4.78, 5) is 11.8. The quantitative estimate of drug-likeness (QED) is 0.708. The van der Waals surface area contributed by atoms with Gasteiger partial charge in [0.1, 0.15) is 5.75 Å². The molecule has 2 aromatic carbocycles. The molecule has 0 unspecified atom stereocenters. The molecule has 3 aromatic rings. The van der Waals surface area contributed by atoms with Crippen molar-refractivity contribution in [2.24, 2.45) is 0 Å². The van der Waals surface area contributed by atoms with Crippen molar-refractivity contribution >= 4 is 5.91 Å². The summed E-state index contributed by atoms with van der Waals surface area (Å²) < 4.78 is 11.1. The molecule has 6 heteroatoms. The average Bonchev–Trinajstić information content (AvgIpc) is 3.11. The summed E-state index contributed by atoms with van der Waals surface area (Å²) in [6, 6.07) is 15.4. The van der Waals surface area contributed by atoms with E-state index < -0.39 is 0 Å². The minimum Gasteiger partial charge on any atom is -0.484 e. The summed E-state index contributed by atoms with van der Waals surface area (Å²) in [5.74, 6) is 1.45. The van der Waals surface area contributed by atoms with Crippen molar-refractivity contribution in [3.63, 3.8) is 0 Å². The van der Waals surface area contributed by atoms with Gasteiger partial charge in [-0.15, -0.1) is 10.2 Å².